The lowest BCUT2D eigenvalue weighted by atomic mass is 9.89. The Morgan fingerprint density at radius 3 is 2.06 bits per heavy atom. The van der Waals surface area contributed by atoms with Gasteiger partial charge in [-0.25, -0.2) is 22.0 Å². The highest BCUT2D eigenvalue weighted by molar-refractivity contribution is 7.89. The van der Waals surface area contributed by atoms with Crippen LogP contribution in [-0.2, 0) is 19.6 Å². The van der Waals surface area contributed by atoms with Gasteiger partial charge in [-0.2, -0.15) is 30.5 Å². The quantitative estimate of drug-likeness (QED) is 0.363. The summed E-state index contributed by atoms with van der Waals surface area (Å²) >= 11 is 4.40. The Labute approximate surface area is 179 Å². The van der Waals surface area contributed by atoms with Crippen LogP contribution < -0.4 is 4.72 Å². The maximum atomic E-state index is 13.8. The zero-order valence-corrected chi connectivity index (χ0v) is 17.6. The molecule has 0 aliphatic carbocycles. The van der Waals surface area contributed by atoms with Crippen molar-refractivity contribution < 1.29 is 50.2 Å². The van der Waals surface area contributed by atoms with E-state index in [1.54, 1.807) is 0 Å². The maximum absolute atomic E-state index is 13.8. The van der Waals surface area contributed by atoms with Crippen LogP contribution in [0.5, 0.6) is 0 Å². The number of piperidine rings is 1. The van der Waals surface area contributed by atoms with Gasteiger partial charge in [0.15, 0.2) is 0 Å². The number of carboxylic acid groups (broad SMARTS) is 2. The second-order valence-corrected chi connectivity index (χ2v) is 9.25. The fourth-order valence-corrected chi connectivity index (χ4v) is 4.38. The second-order valence-electron chi connectivity index (χ2n) is 6.68. The molecule has 15 heteroatoms. The highest BCUT2D eigenvalue weighted by atomic mass is 32.2. The van der Waals surface area contributed by atoms with Gasteiger partial charge < -0.3 is 15.1 Å². The van der Waals surface area contributed by atoms with Crippen molar-refractivity contribution in [2.24, 2.45) is 0 Å². The summed E-state index contributed by atoms with van der Waals surface area (Å²) in [4.78, 5) is 21.7. The number of alkyl halides is 3. The normalized spacial score (nSPS) is 17.9. The van der Waals surface area contributed by atoms with E-state index in [9.17, 15) is 40.3 Å². The third kappa shape index (κ3) is 7.59. The summed E-state index contributed by atoms with van der Waals surface area (Å²) in [6.45, 7) is 1.11. The molecule has 1 aliphatic rings. The minimum absolute atomic E-state index is 0.345. The average Bonchev–Trinajstić information content (AvgIpc) is 2.61. The zero-order chi connectivity index (χ0) is 24.2. The molecule has 0 amide bonds. The number of rotatable bonds is 5. The Balaban J connectivity index is 0.000000592. The molecule has 0 saturated carbocycles. The van der Waals surface area contributed by atoms with Crippen LogP contribution >= 0.6 is 12.6 Å². The summed E-state index contributed by atoms with van der Waals surface area (Å²) < 4.78 is 84.0. The molecule has 1 fully saturated rings. The number of carboxylic acids is 2. The molecule has 1 aromatic carbocycles. The van der Waals surface area contributed by atoms with E-state index in [-0.39, 0.29) is 0 Å². The molecule has 8 nitrogen and oxygen atoms in total. The highest BCUT2D eigenvalue weighted by Crippen LogP contribution is 2.33. The number of nitrogens with zero attached hydrogens (tertiary/aromatic N) is 1. The van der Waals surface area contributed by atoms with Gasteiger partial charge in [-0.05, 0) is 45.1 Å². The van der Waals surface area contributed by atoms with Crippen molar-refractivity contribution in [3.05, 3.63) is 29.8 Å². The number of aliphatic carboxylic acids is 2. The van der Waals surface area contributed by atoms with E-state index in [4.69, 9.17) is 9.90 Å². The van der Waals surface area contributed by atoms with Crippen molar-refractivity contribution in [2.45, 2.75) is 34.7 Å². The number of carbonyl (C=O) groups is 2. The Morgan fingerprint density at radius 2 is 1.68 bits per heavy atom. The Morgan fingerprint density at radius 1 is 1.19 bits per heavy atom. The minimum atomic E-state index is -5.08. The van der Waals surface area contributed by atoms with E-state index in [0.29, 0.717) is 32.0 Å². The Hall–Kier alpha value is -1.97. The molecule has 0 unspecified atom stereocenters. The number of thiol groups is 1. The summed E-state index contributed by atoms with van der Waals surface area (Å²) in [5.74, 6) is -6.38. The largest absolute Gasteiger partial charge is 0.490 e. The molecular formula is C16H19F5N2O6S2. The van der Waals surface area contributed by atoms with Gasteiger partial charge in [0.05, 0.1) is 0 Å². The lowest BCUT2D eigenvalue weighted by molar-refractivity contribution is -0.192. The zero-order valence-electron chi connectivity index (χ0n) is 15.9. The molecule has 0 radical (unpaired) electrons. The molecule has 0 spiro atoms. The van der Waals surface area contributed by atoms with Crippen molar-refractivity contribution in [2.75, 3.05) is 20.1 Å². The van der Waals surface area contributed by atoms with Crippen molar-refractivity contribution >= 4 is 34.6 Å². The van der Waals surface area contributed by atoms with Crippen molar-refractivity contribution in [3.63, 3.8) is 0 Å². The van der Waals surface area contributed by atoms with Crippen LogP contribution in [-0.4, -0.2) is 72.6 Å². The number of benzene rings is 1. The summed E-state index contributed by atoms with van der Waals surface area (Å²) in [6, 6.07) is 0.436. The smallest absolute Gasteiger partial charge is 0.480 e. The maximum Gasteiger partial charge on any atom is 0.490 e. The van der Waals surface area contributed by atoms with Gasteiger partial charge in [0.2, 0.25) is 10.0 Å². The van der Waals surface area contributed by atoms with Crippen molar-refractivity contribution in [1.82, 2.24) is 9.62 Å². The Bertz CT molecular complexity index is 918. The first-order valence-corrected chi connectivity index (χ1v) is 10.3. The third-order valence-corrected chi connectivity index (χ3v) is 6.50. The molecule has 1 saturated heterocycles. The number of likely N-dealkylation sites (tertiary alicyclic amines) is 1. The molecule has 1 aliphatic heterocycles. The monoisotopic (exact) mass is 494 g/mol. The molecule has 1 aromatic rings. The van der Waals surface area contributed by atoms with E-state index in [1.165, 1.54) is 0 Å². The molecular weight excluding hydrogens is 475 g/mol. The van der Waals surface area contributed by atoms with Gasteiger partial charge >= 0.3 is 18.1 Å². The molecule has 0 bridgehead atoms. The van der Waals surface area contributed by atoms with Crippen LogP contribution in [0.3, 0.4) is 0 Å². The van der Waals surface area contributed by atoms with Crippen LogP contribution in [0.4, 0.5) is 22.0 Å². The molecule has 31 heavy (non-hydrogen) atoms. The summed E-state index contributed by atoms with van der Waals surface area (Å²) in [7, 11) is -2.63. The average molecular weight is 494 g/mol. The van der Waals surface area contributed by atoms with Gasteiger partial charge in [0.1, 0.15) is 22.6 Å². The summed E-state index contributed by atoms with van der Waals surface area (Å²) in [5, 5.41) is 16.6. The summed E-state index contributed by atoms with van der Waals surface area (Å²) in [5.41, 5.74) is 0. The van der Waals surface area contributed by atoms with Gasteiger partial charge in [-0.1, -0.05) is 0 Å². The fraction of sp³-hybridized carbons (Fsp3) is 0.500. The minimum Gasteiger partial charge on any atom is -0.480 e. The first-order chi connectivity index (χ1) is 14.0. The lowest BCUT2D eigenvalue weighted by Gasteiger charge is -2.40. The number of hydrogen-bond donors (Lipinski definition) is 4. The lowest BCUT2D eigenvalue weighted by Crippen LogP contribution is -2.57. The number of nitrogens with one attached hydrogen (secondary N) is 1. The standard InChI is InChI=1S/C14H18F2N2O4S2.C2HF3O2/c1-18-6-4-14(23,5-7-18)12(13(19)20)17-24(21,22)11-3-2-9(15)8-10(11)16;3-2(4,5)1(6)7/h2-3,8,12,17,23H,4-7H2,1H3,(H,19,20);(H,6,7)/t12-;/m1./s1. The van der Waals surface area contributed by atoms with E-state index in [0.717, 1.165) is 12.1 Å². The Kier molecular flexibility index (Phi) is 8.82. The van der Waals surface area contributed by atoms with Crippen LogP contribution in [0.15, 0.2) is 23.1 Å². The number of sulfonamides is 1. The molecule has 1 atom stereocenters. The van der Waals surface area contributed by atoms with Crippen LogP contribution in [0.1, 0.15) is 12.8 Å². The van der Waals surface area contributed by atoms with Gasteiger partial charge in [-0.3, -0.25) is 4.79 Å². The van der Waals surface area contributed by atoms with E-state index in [1.807, 2.05) is 16.7 Å². The molecule has 2 rings (SSSR count). The van der Waals surface area contributed by atoms with Crippen molar-refractivity contribution in [1.29, 1.82) is 0 Å². The first-order valence-electron chi connectivity index (χ1n) is 8.41. The van der Waals surface area contributed by atoms with Crippen LogP contribution in [0.25, 0.3) is 0 Å². The topological polar surface area (TPSA) is 124 Å². The SMILES string of the molecule is CN1CCC(S)([C@H](NS(=O)(=O)c2ccc(F)cc2F)C(=O)O)CC1.O=C(O)C(F)(F)F. The molecule has 0 aromatic heterocycles. The second kappa shape index (κ2) is 10.1. The van der Waals surface area contributed by atoms with Crippen LogP contribution in [0.2, 0.25) is 0 Å². The van der Waals surface area contributed by atoms with Crippen LogP contribution in [0, 0.1) is 11.6 Å². The fourth-order valence-electron chi connectivity index (χ4n) is 2.60. The van der Waals surface area contributed by atoms with E-state index >= 15 is 0 Å². The van der Waals surface area contributed by atoms with E-state index in [2.05, 4.69) is 12.6 Å². The molecule has 1 heterocycles. The number of hydrogen-bond acceptors (Lipinski definition) is 6. The van der Waals surface area contributed by atoms with Gasteiger partial charge in [0.25, 0.3) is 0 Å². The van der Waals surface area contributed by atoms with Gasteiger partial charge in [-0.15, -0.1) is 0 Å². The highest BCUT2D eigenvalue weighted by Gasteiger charge is 2.44. The predicted molar refractivity (Wildman–Crippen MR) is 100 cm³/mol. The predicted octanol–water partition coefficient (Wildman–Crippen LogP) is 1.72. The summed E-state index contributed by atoms with van der Waals surface area (Å²) in [6.07, 6.45) is -4.39. The molecule has 3 N–H and O–H groups in total. The van der Waals surface area contributed by atoms with Gasteiger partial charge in [0, 0.05) is 10.8 Å². The first kappa shape index (κ1) is 27.1. The van der Waals surface area contributed by atoms with E-state index < -0.39 is 55.5 Å². The molecule has 176 valence electrons. The number of halogens is 5. The third-order valence-electron chi connectivity index (χ3n) is 4.34. The van der Waals surface area contributed by atoms with Crippen molar-refractivity contribution in [3.8, 4) is 0 Å².